The van der Waals surface area contributed by atoms with E-state index in [0.29, 0.717) is 22.8 Å². The molecule has 0 bridgehead atoms. The van der Waals surface area contributed by atoms with Crippen LogP contribution in [0.2, 0.25) is 0 Å². The Morgan fingerprint density at radius 2 is 2.10 bits per heavy atom. The average molecular weight is 296 g/mol. The van der Waals surface area contributed by atoms with Crippen molar-refractivity contribution in [2.45, 2.75) is 6.10 Å². The first-order valence-corrected chi connectivity index (χ1v) is 7.07. The normalized spacial score (nSPS) is 17.6. The van der Waals surface area contributed by atoms with E-state index in [2.05, 4.69) is 4.90 Å². The number of rotatable bonds is 6. The lowest BCUT2D eigenvalue weighted by Crippen LogP contribution is -2.42. The van der Waals surface area contributed by atoms with E-state index < -0.39 is 6.10 Å². The fourth-order valence-electron chi connectivity index (χ4n) is 2.12. The molecule has 1 atom stereocenters. The van der Waals surface area contributed by atoms with E-state index in [0.717, 1.165) is 26.3 Å². The van der Waals surface area contributed by atoms with Crippen molar-refractivity contribution in [2.75, 3.05) is 39.5 Å². The van der Waals surface area contributed by atoms with E-state index in [-0.39, 0.29) is 6.61 Å². The fraction of sp³-hybridized carbons (Fsp3) is 0.500. The van der Waals surface area contributed by atoms with Gasteiger partial charge in [-0.3, -0.25) is 4.90 Å². The van der Waals surface area contributed by atoms with E-state index in [9.17, 15) is 5.11 Å². The minimum atomic E-state index is -0.549. The highest BCUT2D eigenvalue weighted by molar-refractivity contribution is 7.80. The van der Waals surface area contributed by atoms with Crippen molar-refractivity contribution >= 4 is 17.2 Å². The molecule has 0 aromatic heterocycles. The van der Waals surface area contributed by atoms with Gasteiger partial charge in [-0.25, -0.2) is 0 Å². The second-order valence-electron chi connectivity index (χ2n) is 4.74. The number of hydrogen-bond acceptors (Lipinski definition) is 5. The molecule has 0 aliphatic carbocycles. The Labute approximate surface area is 124 Å². The zero-order chi connectivity index (χ0) is 14.4. The third-order valence-corrected chi connectivity index (χ3v) is 3.38. The average Bonchev–Trinajstić information content (AvgIpc) is 2.46. The van der Waals surface area contributed by atoms with Gasteiger partial charge in [0, 0.05) is 19.6 Å². The van der Waals surface area contributed by atoms with Gasteiger partial charge in [0.25, 0.3) is 0 Å². The fourth-order valence-corrected chi connectivity index (χ4v) is 2.29. The van der Waals surface area contributed by atoms with Crippen LogP contribution < -0.4 is 10.5 Å². The monoisotopic (exact) mass is 296 g/mol. The first-order chi connectivity index (χ1) is 9.66. The number of benzene rings is 1. The number of thiocarbonyl (C=S) groups is 1. The maximum absolute atomic E-state index is 10.0. The molecule has 0 saturated carbocycles. The van der Waals surface area contributed by atoms with Crippen molar-refractivity contribution in [3.8, 4) is 5.75 Å². The Balaban J connectivity index is 1.83. The topological polar surface area (TPSA) is 68.0 Å². The standard InChI is InChI=1S/C14H20N2O3S/c15-14(20)12-3-1-2-4-13(12)19-10-11(17)9-16-5-7-18-8-6-16/h1-4,11,17H,5-10H2,(H2,15,20). The van der Waals surface area contributed by atoms with Gasteiger partial charge in [-0.1, -0.05) is 24.4 Å². The third-order valence-electron chi connectivity index (χ3n) is 3.16. The van der Waals surface area contributed by atoms with Crippen LogP contribution in [0.5, 0.6) is 5.75 Å². The Hall–Kier alpha value is -1.21. The number of β-amino-alcohol motifs (C(OH)–C–C–N with tert-alkyl or cyclic N) is 1. The summed E-state index contributed by atoms with van der Waals surface area (Å²) in [4.78, 5) is 2.46. The summed E-state index contributed by atoms with van der Waals surface area (Å²) in [6.45, 7) is 3.94. The lowest BCUT2D eigenvalue weighted by atomic mass is 10.2. The Morgan fingerprint density at radius 1 is 1.40 bits per heavy atom. The summed E-state index contributed by atoms with van der Waals surface area (Å²) in [6.07, 6.45) is -0.549. The maximum atomic E-state index is 10.0. The van der Waals surface area contributed by atoms with Crippen LogP contribution in [0.4, 0.5) is 0 Å². The number of morpholine rings is 1. The summed E-state index contributed by atoms with van der Waals surface area (Å²) < 4.78 is 10.9. The number of para-hydroxylation sites is 1. The molecule has 1 aliphatic rings. The molecule has 1 aliphatic heterocycles. The highest BCUT2D eigenvalue weighted by atomic mass is 32.1. The van der Waals surface area contributed by atoms with E-state index >= 15 is 0 Å². The smallest absolute Gasteiger partial charge is 0.129 e. The van der Waals surface area contributed by atoms with Gasteiger partial charge in [0.2, 0.25) is 0 Å². The number of ether oxygens (including phenoxy) is 2. The van der Waals surface area contributed by atoms with Gasteiger partial charge in [0.15, 0.2) is 0 Å². The van der Waals surface area contributed by atoms with Crippen molar-refractivity contribution in [1.82, 2.24) is 4.90 Å². The highest BCUT2D eigenvalue weighted by Crippen LogP contribution is 2.17. The van der Waals surface area contributed by atoms with Gasteiger partial charge in [0.05, 0.1) is 18.8 Å². The van der Waals surface area contributed by atoms with E-state index in [1.54, 1.807) is 6.07 Å². The molecule has 1 unspecified atom stereocenters. The zero-order valence-corrected chi connectivity index (χ0v) is 12.1. The first-order valence-electron chi connectivity index (χ1n) is 6.66. The summed E-state index contributed by atoms with van der Waals surface area (Å²) in [5.41, 5.74) is 6.33. The quantitative estimate of drug-likeness (QED) is 0.740. The maximum Gasteiger partial charge on any atom is 0.129 e. The van der Waals surface area contributed by atoms with Gasteiger partial charge >= 0.3 is 0 Å². The Morgan fingerprint density at radius 3 is 2.80 bits per heavy atom. The zero-order valence-electron chi connectivity index (χ0n) is 11.3. The van der Waals surface area contributed by atoms with Crippen molar-refractivity contribution < 1.29 is 14.6 Å². The number of aliphatic hydroxyl groups is 1. The summed E-state index contributed by atoms with van der Waals surface area (Å²) >= 11 is 4.97. The predicted molar refractivity (Wildman–Crippen MR) is 81.1 cm³/mol. The number of nitrogens with two attached hydrogens (primary N) is 1. The predicted octanol–water partition coefficient (Wildman–Crippen LogP) is 0.393. The number of aliphatic hydroxyl groups excluding tert-OH is 1. The molecule has 1 aromatic carbocycles. The van der Waals surface area contributed by atoms with Crippen LogP contribution in [0.25, 0.3) is 0 Å². The van der Waals surface area contributed by atoms with Crippen LogP contribution in [0, 0.1) is 0 Å². The molecule has 1 fully saturated rings. The van der Waals surface area contributed by atoms with E-state index in [4.69, 9.17) is 27.4 Å². The molecule has 0 amide bonds. The minimum Gasteiger partial charge on any atom is -0.490 e. The second-order valence-corrected chi connectivity index (χ2v) is 5.18. The third kappa shape index (κ3) is 4.42. The number of hydrogen-bond donors (Lipinski definition) is 2. The lowest BCUT2D eigenvalue weighted by Gasteiger charge is -2.28. The molecule has 1 heterocycles. The van der Waals surface area contributed by atoms with Crippen molar-refractivity contribution in [3.63, 3.8) is 0 Å². The minimum absolute atomic E-state index is 0.219. The van der Waals surface area contributed by atoms with Crippen LogP contribution in [-0.2, 0) is 4.74 Å². The van der Waals surface area contributed by atoms with Crippen LogP contribution in [-0.4, -0.2) is 60.6 Å². The molecule has 5 nitrogen and oxygen atoms in total. The van der Waals surface area contributed by atoms with E-state index in [1.165, 1.54) is 0 Å². The molecule has 110 valence electrons. The molecule has 0 radical (unpaired) electrons. The van der Waals surface area contributed by atoms with Crippen LogP contribution in [0.1, 0.15) is 5.56 Å². The SMILES string of the molecule is NC(=S)c1ccccc1OCC(O)CN1CCOCC1. The van der Waals surface area contributed by atoms with Crippen molar-refractivity contribution in [1.29, 1.82) is 0 Å². The van der Waals surface area contributed by atoms with Crippen LogP contribution in [0.15, 0.2) is 24.3 Å². The van der Waals surface area contributed by atoms with Crippen molar-refractivity contribution in [3.05, 3.63) is 29.8 Å². The largest absolute Gasteiger partial charge is 0.490 e. The van der Waals surface area contributed by atoms with Crippen molar-refractivity contribution in [2.24, 2.45) is 5.73 Å². The highest BCUT2D eigenvalue weighted by Gasteiger charge is 2.16. The summed E-state index contributed by atoms with van der Waals surface area (Å²) in [7, 11) is 0. The van der Waals surface area contributed by atoms with Gasteiger partial charge in [-0.2, -0.15) is 0 Å². The van der Waals surface area contributed by atoms with Gasteiger partial charge in [-0.15, -0.1) is 0 Å². The van der Waals surface area contributed by atoms with Crippen LogP contribution in [0.3, 0.4) is 0 Å². The molecular weight excluding hydrogens is 276 g/mol. The summed E-state index contributed by atoms with van der Waals surface area (Å²) in [5, 5.41) is 10.0. The molecule has 6 heteroatoms. The van der Waals surface area contributed by atoms with Gasteiger partial charge in [-0.05, 0) is 12.1 Å². The molecule has 0 spiro atoms. The molecule has 1 aromatic rings. The molecular formula is C14H20N2O3S. The molecule has 3 N–H and O–H groups in total. The van der Waals surface area contributed by atoms with Gasteiger partial charge < -0.3 is 20.3 Å². The molecule has 1 saturated heterocycles. The Bertz CT molecular complexity index is 450. The molecule has 20 heavy (non-hydrogen) atoms. The van der Waals surface area contributed by atoms with E-state index in [1.807, 2.05) is 18.2 Å². The van der Waals surface area contributed by atoms with Gasteiger partial charge in [0.1, 0.15) is 23.4 Å². The Kier molecular flexibility index (Phi) is 5.72. The summed E-state index contributed by atoms with van der Waals surface area (Å²) in [5.74, 6) is 0.612. The second kappa shape index (κ2) is 7.54. The van der Waals surface area contributed by atoms with Crippen LogP contribution >= 0.6 is 12.2 Å². The molecule has 2 rings (SSSR count). The number of nitrogens with zero attached hydrogens (tertiary/aromatic N) is 1. The first kappa shape index (κ1) is 15.2. The summed E-state index contributed by atoms with van der Waals surface area (Å²) in [6, 6.07) is 7.32. The lowest BCUT2D eigenvalue weighted by molar-refractivity contribution is 0.00464.